The summed E-state index contributed by atoms with van der Waals surface area (Å²) in [7, 11) is 0. The van der Waals surface area contributed by atoms with Crippen LogP contribution in [-0.4, -0.2) is 40.9 Å². The minimum absolute atomic E-state index is 0.0711. The molecule has 0 bridgehead atoms. The van der Waals surface area contributed by atoms with Crippen LogP contribution in [-0.2, 0) is 6.54 Å². The van der Waals surface area contributed by atoms with Crippen molar-refractivity contribution in [3.63, 3.8) is 0 Å². The van der Waals surface area contributed by atoms with Crippen LogP contribution < -0.4 is 0 Å². The smallest absolute Gasteiger partial charge is 0.401 e. The first-order valence-electron chi connectivity index (χ1n) is 6.98. The third-order valence-corrected chi connectivity index (χ3v) is 3.04. The summed E-state index contributed by atoms with van der Waals surface area (Å²) in [6.45, 7) is -1.28. The molecule has 0 amide bonds. The fraction of sp³-hybridized carbons (Fsp3) is 0.400. The highest BCUT2D eigenvalue weighted by Crippen LogP contribution is 2.22. The van der Waals surface area contributed by atoms with Crippen molar-refractivity contribution in [1.82, 2.24) is 9.88 Å². The fourth-order valence-corrected chi connectivity index (χ4v) is 2.12. The minimum Gasteiger partial charge on any atom is -0.444 e. The maximum absolute atomic E-state index is 13.2. The van der Waals surface area contributed by atoms with Crippen LogP contribution in [0, 0.1) is 5.82 Å². The second-order valence-electron chi connectivity index (χ2n) is 5.06. The van der Waals surface area contributed by atoms with Crippen LogP contribution in [0.5, 0.6) is 0 Å². The van der Waals surface area contributed by atoms with Gasteiger partial charge in [0.1, 0.15) is 12.1 Å². The van der Waals surface area contributed by atoms with Gasteiger partial charge >= 0.3 is 6.18 Å². The number of aromatic nitrogens is 1. The van der Waals surface area contributed by atoms with Crippen molar-refractivity contribution in [3.8, 4) is 11.5 Å². The normalized spacial score (nSPS) is 12.1. The number of alkyl halides is 3. The first-order chi connectivity index (χ1) is 10.9. The Kier molecular flexibility index (Phi) is 5.73. The first-order valence-corrected chi connectivity index (χ1v) is 6.98. The van der Waals surface area contributed by atoms with Gasteiger partial charge in [0.15, 0.2) is 0 Å². The molecular weight excluding hydrogens is 316 g/mol. The van der Waals surface area contributed by atoms with Crippen LogP contribution in [0.2, 0.25) is 0 Å². The van der Waals surface area contributed by atoms with Gasteiger partial charge in [-0.2, -0.15) is 13.2 Å². The Morgan fingerprint density at radius 1 is 1.26 bits per heavy atom. The number of benzene rings is 1. The van der Waals surface area contributed by atoms with Crippen molar-refractivity contribution in [3.05, 3.63) is 42.0 Å². The Hall–Kier alpha value is -1.93. The number of hydrogen-bond acceptors (Lipinski definition) is 4. The molecule has 0 aliphatic heterocycles. The molecule has 126 valence electrons. The van der Waals surface area contributed by atoms with Crippen molar-refractivity contribution in [2.24, 2.45) is 0 Å². The van der Waals surface area contributed by atoms with Crippen molar-refractivity contribution in [2.75, 3.05) is 19.7 Å². The summed E-state index contributed by atoms with van der Waals surface area (Å²) in [5.74, 6) is -0.308. The molecule has 0 saturated heterocycles. The molecule has 8 heteroatoms. The van der Waals surface area contributed by atoms with E-state index in [1.807, 2.05) is 0 Å². The Morgan fingerprint density at radius 3 is 2.70 bits per heavy atom. The summed E-state index contributed by atoms with van der Waals surface area (Å²) in [5, 5.41) is 8.78. The molecule has 1 aromatic heterocycles. The van der Waals surface area contributed by atoms with E-state index in [1.54, 1.807) is 6.07 Å². The number of oxazole rings is 1. The Labute approximate surface area is 130 Å². The van der Waals surface area contributed by atoms with Gasteiger partial charge in [0.25, 0.3) is 0 Å². The van der Waals surface area contributed by atoms with Gasteiger partial charge < -0.3 is 9.52 Å². The lowest BCUT2D eigenvalue weighted by atomic mass is 10.2. The monoisotopic (exact) mass is 332 g/mol. The molecule has 1 aromatic carbocycles. The summed E-state index contributed by atoms with van der Waals surface area (Å²) in [6.07, 6.45) is -2.86. The van der Waals surface area contributed by atoms with Gasteiger partial charge in [0, 0.05) is 25.3 Å². The van der Waals surface area contributed by atoms with E-state index in [9.17, 15) is 17.6 Å². The lowest BCUT2D eigenvalue weighted by Crippen LogP contribution is -2.35. The van der Waals surface area contributed by atoms with E-state index >= 15 is 0 Å². The number of hydrogen-bond donors (Lipinski definition) is 1. The number of aliphatic hydroxyl groups is 1. The molecule has 0 spiro atoms. The first kappa shape index (κ1) is 17.4. The van der Waals surface area contributed by atoms with Gasteiger partial charge in [-0.15, -0.1) is 0 Å². The molecule has 4 nitrogen and oxygen atoms in total. The average Bonchev–Trinajstić information content (AvgIpc) is 2.92. The molecule has 1 N–H and O–H groups in total. The minimum atomic E-state index is -4.34. The van der Waals surface area contributed by atoms with E-state index in [0.717, 1.165) is 4.90 Å². The van der Waals surface area contributed by atoms with E-state index in [4.69, 9.17) is 9.52 Å². The molecule has 0 aliphatic carbocycles. The third-order valence-electron chi connectivity index (χ3n) is 3.04. The second-order valence-corrected chi connectivity index (χ2v) is 5.06. The number of nitrogens with zero attached hydrogens (tertiary/aromatic N) is 2. The van der Waals surface area contributed by atoms with Crippen LogP contribution in [0.15, 0.2) is 34.9 Å². The highest BCUT2D eigenvalue weighted by Gasteiger charge is 2.30. The maximum atomic E-state index is 13.2. The standard InChI is InChI=1S/C15H16F4N2O2/c16-12-4-1-3-11(7-12)14-20-13(9-23-14)8-21(5-2-6-22)10-15(17,18)19/h1,3-4,7,9,22H,2,5-6,8,10H2. The van der Waals surface area contributed by atoms with Gasteiger partial charge in [-0.1, -0.05) is 6.07 Å². The molecule has 0 atom stereocenters. The highest BCUT2D eigenvalue weighted by molar-refractivity contribution is 5.52. The summed E-state index contributed by atoms with van der Waals surface area (Å²) in [5.41, 5.74) is 0.723. The van der Waals surface area contributed by atoms with Gasteiger partial charge in [0.2, 0.25) is 5.89 Å². The van der Waals surface area contributed by atoms with Gasteiger partial charge in [-0.05, 0) is 24.6 Å². The van der Waals surface area contributed by atoms with E-state index in [-0.39, 0.29) is 32.0 Å². The van der Waals surface area contributed by atoms with E-state index in [1.165, 1.54) is 24.5 Å². The fourth-order valence-electron chi connectivity index (χ4n) is 2.12. The molecule has 0 aliphatic rings. The SMILES string of the molecule is OCCCN(Cc1coc(-c2cccc(F)c2)n1)CC(F)(F)F. The quantitative estimate of drug-likeness (QED) is 0.791. The predicted octanol–water partition coefficient (Wildman–Crippen LogP) is 3.23. The Balaban J connectivity index is 2.08. The lowest BCUT2D eigenvalue weighted by Gasteiger charge is -2.22. The molecule has 2 rings (SSSR count). The van der Waals surface area contributed by atoms with Gasteiger partial charge in [-0.25, -0.2) is 9.37 Å². The van der Waals surface area contributed by atoms with Crippen molar-refractivity contribution < 1.29 is 27.1 Å². The highest BCUT2D eigenvalue weighted by atomic mass is 19.4. The summed E-state index contributed by atoms with van der Waals surface area (Å²) >= 11 is 0. The summed E-state index contributed by atoms with van der Waals surface area (Å²) in [4.78, 5) is 5.22. The summed E-state index contributed by atoms with van der Waals surface area (Å²) in [6, 6.07) is 5.59. The zero-order valence-electron chi connectivity index (χ0n) is 12.2. The largest absolute Gasteiger partial charge is 0.444 e. The average molecular weight is 332 g/mol. The molecule has 0 unspecified atom stereocenters. The number of rotatable bonds is 7. The van der Waals surface area contributed by atoms with Crippen LogP contribution >= 0.6 is 0 Å². The van der Waals surface area contributed by atoms with Crippen LogP contribution in [0.25, 0.3) is 11.5 Å². The molecule has 23 heavy (non-hydrogen) atoms. The maximum Gasteiger partial charge on any atom is 0.401 e. The third kappa shape index (κ3) is 5.65. The van der Waals surface area contributed by atoms with E-state index in [2.05, 4.69) is 4.98 Å². The number of aliphatic hydroxyl groups excluding tert-OH is 1. The van der Waals surface area contributed by atoms with Crippen molar-refractivity contribution in [1.29, 1.82) is 0 Å². The predicted molar refractivity (Wildman–Crippen MR) is 74.9 cm³/mol. The molecule has 0 fully saturated rings. The molecule has 2 aromatic rings. The van der Waals surface area contributed by atoms with Crippen LogP contribution in [0.3, 0.4) is 0 Å². The molecular formula is C15H16F4N2O2. The van der Waals surface area contributed by atoms with E-state index < -0.39 is 18.5 Å². The summed E-state index contributed by atoms with van der Waals surface area (Å²) < 4.78 is 56.1. The Morgan fingerprint density at radius 2 is 2.04 bits per heavy atom. The Bertz CT molecular complexity index is 628. The van der Waals surface area contributed by atoms with Crippen LogP contribution in [0.1, 0.15) is 12.1 Å². The molecule has 0 saturated carbocycles. The van der Waals surface area contributed by atoms with E-state index in [0.29, 0.717) is 11.3 Å². The van der Waals surface area contributed by atoms with Gasteiger partial charge in [0.05, 0.1) is 12.2 Å². The van der Waals surface area contributed by atoms with Crippen molar-refractivity contribution in [2.45, 2.75) is 19.1 Å². The second kappa shape index (κ2) is 7.56. The van der Waals surface area contributed by atoms with Crippen LogP contribution in [0.4, 0.5) is 17.6 Å². The van der Waals surface area contributed by atoms with Gasteiger partial charge in [-0.3, -0.25) is 4.90 Å². The van der Waals surface area contributed by atoms with Crippen molar-refractivity contribution >= 4 is 0 Å². The zero-order chi connectivity index (χ0) is 16.9. The molecule has 0 radical (unpaired) electrons. The topological polar surface area (TPSA) is 49.5 Å². The lowest BCUT2D eigenvalue weighted by molar-refractivity contribution is -0.147. The number of halogens is 4. The molecule has 1 heterocycles. The zero-order valence-corrected chi connectivity index (χ0v) is 12.2.